The summed E-state index contributed by atoms with van der Waals surface area (Å²) in [7, 11) is 0. The fourth-order valence-corrected chi connectivity index (χ4v) is 2.27. The molecule has 0 saturated heterocycles. The van der Waals surface area contributed by atoms with E-state index in [4.69, 9.17) is 4.42 Å². The summed E-state index contributed by atoms with van der Waals surface area (Å²) < 4.78 is 5.11. The highest BCUT2D eigenvalue weighted by atomic mass is 16.3. The Labute approximate surface area is 128 Å². The second-order valence-corrected chi connectivity index (χ2v) is 5.01. The molecule has 0 aliphatic carbocycles. The monoisotopic (exact) mass is 292 g/mol. The lowest BCUT2D eigenvalue weighted by atomic mass is 10.1. The van der Waals surface area contributed by atoms with Crippen molar-refractivity contribution in [2.75, 3.05) is 0 Å². The molecule has 110 valence electrons. The number of amides is 1. The number of carbonyl (C=O) groups excluding carboxylic acids is 1. The molecular weight excluding hydrogens is 276 g/mol. The average Bonchev–Trinajstić information content (AvgIpc) is 2.98. The van der Waals surface area contributed by atoms with E-state index in [1.807, 2.05) is 36.4 Å². The van der Waals surface area contributed by atoms with E-state index in [-0.39, 0.29) is 5.91 Å². The fourth-order valence-electron chi connectivity index (χ4n) is 2.27. The van der Waals surface area contributed by atoms with Crippen LogP contribution in [0.15, 0.2) is 65.8 Å². The number of benzene rings is 2. The number of aryl methyl sites for hydroxylation is 1. The lowest BCUT2D eigenvalue weighted by Crippen LogP contribution is -2.35. The van der Waals surface area contributed by atoms with Crippen LogP contribution in [0.3, 0.4) is 0 Å². The maximum atomic E-state index is 12.0. The maximum absolute atomic E-state index is 12.0. The molecule has 1 heterocycles. The van der Waals surface area contributed by atoms with Crippen LogP contribution in [-0.4, -0.2) is 5.91 Å². The summed E-state index contributed by atoms with van der Waals surface area (Å²) in [6.45, 7) is 5.70. The van der Waals surface area contributed by atoms with E-state index >= 15 is 0 Å². The molecule has 3 rings (SSSR count). The normalized spacial score (nSPS) is 10.4. The smallest absolute Gasteiger partial charge is 0.273 e. The SMILES string of the molecule is C=C(NNC(=O)c1ccoc1C)c1ccc2ccccc2c1. The Balaban J connectivity index is 1.71. The lowest BCUT2D eigenvalue weighted by Gasteiger charge is -2.11. The first-order valence-corrected chi connectivity index (χ1v) is 6.93. The van der Waals surface area contributed by atoms with E-state index in [9.17, 15) is 4.79 Å². The second-order valence-electron chi connectivity index (χ2n) is 5.01. The van der Waals surface area contributed by atoms with Crippen LogP contribution in [0, 0.1) is 6.92 Å². The predicted molar refractivity (Wildman–Crippen MR) is 87.0 cm³/mol. The van der Waals surface area contributed by atoms with Crippen molar-refractivity contribution in [2.45, 2.75) is 6.92 Å². The third kappa shape index (κ3) is 2.72. The van der Waals surface area contributed by atoms with E-state index in [1.54, 1.807) is 13.0 Å². The summed E-state index contributed by atoms with van der Waals surface area (Å²) in [6.07, 6.45) is 1.49. The summed E-state index contributed by atoms with van der Waals surface area (Å²) in [4.78, 5) is 12.0. The van der Waals surface area contributed by atoms with Crippen molar-refractivity contribution in [2.24, 2.45) is 0 Å². The van der Waals surface area contributed by atoms with Crippen molar-refractivity contribution < 1.29 is 9.21 Å². The Morgan fingerprint density at radius 3 is 2.55 bits per heavy atom. The maximum Gasteiger partial charge on any atom is 0.273 e. The van der Waals surface area contributed by atoms with Gasteiger partial charge in [-0.15, -0.1) is 0 Å². The van der Waals surface area contributed by atoms with Gasteiger partial charge in [0.25, 0.3) is 5.91 Å². The second kappa shape index (κ2) is 5.77. The molecule has 4 heteroatoms. The summed E-state index contributed by atoms with van der Waals surface area (Å²) in [5.74, 6) is 0.323. The van der Waals surface area contributed by atoms with Gasteiger partial charge in [-0.3, -0.25) is 15.6 Å². The quantitative estimate of drug-likeness (QED) is 0.722. The molecule has 1 aromatic heterocycles. The topological polar surface area (TPSA) is 54.3 Å². The Bertz CT molecular complexity index is 849. The van der Waals surface area contributed by atoms with Gasteiger partial charge in [-0.05, 0) is 35.4 Å². The number of fused-ring (bicyclic) bond motifs is 1. The van der Waals surface area contributed by atoms with Gasteiger partial charge in [0.2, 0.25) is 0 Å². The minimum absolute atomic E-state index is 0.256. The van der Waals surface area contributed by atoms with Gasteiger partial charge >= 0.3 is 0 Å². The van der Waals surface area contributed by atoms with Crippen LogP contribution in [0.4, 0.5) is 0 Å². The van der Waals surface area contributed by atoms with E-state index in [1.165, 1.54) is 6.26 Å². The number of nitrogens with one attached hydrogen (secondary N) is 2. The molecule has 0 aliphatic heterocycles. The van der Waals surface area contributed by atoms with Gasteiger partial charge in [0.15, 0.2) is 0 Å². The zero-order chi connectivity index (χ0) is 15.5. The van der Waals surface area contributed by atoms with Gasteiger partial charge in [-0.25, -0.2) is 0 Å². The van der Waals surface area contributed by atoms with Crippen LogP contribution in [0.1, 0.15) is 21.7 Å². The summed E-state index contributed by atoms with van der Waals surface area (Å²) in [5, 5.41) is 2.29. The molecule has 2 N–H and O–H groups in total. The molecule has 4 nitrogen and oxygen atoms in total. The molecule has 0 spiro atoms. The van der Waals surface area contributed by atoms with Crippen LogP contribution in [0.25, 0.3) is 16.5 Å². The predicted octanol–water partition coefficient (Wildman–Crippen LogP) is 3.65. The Morgan fingerprint density at radius 2 is 1.82 bits per heavy atom. The Hall–Kier alpha value is -3.01. The standard InChI is InChI=1S/C18H16N2O2/c1-12(19-20-18(21)17-9-10-22-13(17)2)15-8-7-14-5-3-4-6-16(14)11-15/h3-11,19H,1H2,2H3,(H,20,21). The fraction of sp³-hybridized carbons (Fsp3) is 0.0556. The number of rotatable bonds is 4. The van der Waals surface area contributed by atoms with E-state index in [0.29, 0.717) is 17.0 Å². The van der Waals surface area contributed by atoms with Crippen LogP contribution in [0.5, 0.6) is 0 Å². The van der Waals surface area contributed by atoms with Crippen molar-refractivity contribution in [1.82, 2.24) is 10.9 Å². The number of carbonyl (C=O) groups is 1. The number of hydrogen-bond acceptors (Lipinski definition) is 3. The third-order valence-corrected chi connectivity index (χ3v) is 3.53. The van der Waals surface area contributed by atoms with Crippen molar-refractivity contribution in [3.05, 3.63) is 78.3 Å². The van der Waals surface area contributed by atoms with Crippen LogP contribution in [-0.2, 0) is 0 Å². The molecule has 0 aliphatic rings. The molecule has 0 unspecified atom stereocenters. The number of hydrazine groups is 1. The van der Waals surface area contributed by atoms with E-state index in [0.717, 1.165) is 16.3 Å². The molecule has 2 aromatic carbocycles. The van der Waals surface area contributed by atoms with Gasteiger partial charge in [0.05, 0.1) is 17.5 Å². The molecule has 1 amide bonds. The van der Waals surface area contributed by atoms with Gasteiger partial charge in [0.1, 0.15) is 5.76 Å². The zero-order valence-corrected chi connectivity index (χ0v) is 12.2. The molecule has 0 bridgehead atoms. The molecular formula is C18H16N2O2. The van der Waals surface area contributed by atoms with Crippen molar-refractivity contribution in [3.63, 3.8) is 0 Å². The largest absolute Gasteiger partial charge is 0.469 e. The minimum atomic E-state index is -0.256. The highest BCUT2D eigenvalue weighted by Crippen LogP contribution is 2.18. The molecule has 0 fully saturated rings. The van der Waals surface area contributed by atoms with Crippen LogP contribution >= 0.6 is 0 Å². The average molecular weight is 292 g/mol. The zero-order valence-electron chi connectivity index (χ0n) is 12.2. The first-order valence-electron chi connectivity index (χ1n) is 6.93. The van der Waals surface area contributed by atoms with E-state index < -0.39 is 0 Å². The Morgan fingerprint density at radius 1 is 1.05 bits per heavy atom. The van der Waals surface area contributed by atoms with Gasteiger partial charge < -0.3 is 4.42 Å². The minimum Gasteiger partial charge on any atom is -0.469 e. The number of furan rings is 1. The van der Waals surface area contributed by atoms with Gasteiger partial charge in [0, 0.05) is 0 Å². The summed E-state index contributed by atoms with van der Waals surface area (Å²) in [5.41, 5.74) is 7.51. The summed E-state index contributed by atoms with van der Waals surface area (Å²) in [6, 6.07) is 15.7. The van der Waals surface area contributed by atoms with Crippen LogP contribution in [0.2, 0.25) is 0 Å². The van der Waals surface area contributed by atoms with Crippen molar-refractivity contribution in [3.8, 4) is 0 Å². The van der Waals surface area contributed by atoms with Crippen molar-refractivity contribution >= 4 is 22.4 Å². The molecule has 0 saturated carbocycles. The van der Waals surface area contributed by atoms with Crippen molar-refractivity contribution in [1.29, 1.82) is 0 Å². The third-order valence-electron chi connectivity index (χ3n) is 3.53. The highest BCUT2D eigenvalue weighted by molar-refractivity contribution is 5.95. The highest BCUT2D eigenvalue weighted by Gasteiger charge is 2.11. The first kappa shape index (κ1) is 13.9. The number of hydrogen-bond donors (Lipinski definition) is 2. The van der Waals surface area contributed by atoms with Crippen LogP contribution < -0.4 is 10.9 Å². The van der Waals surface area contributed by atoms with E-state index in [2.05, 4.69) is 23.5 Å². The molecule has 3 aromatic rings. The molecule has 0 atom stereocenters. The summed E-state index contributed by atoms with van der Waals surface area (Å²) >= 11 is 0. The first-order chi connectivity index (χ1) is 10.6. The van der Waals surface area contributed by atoms with Gasteiger partial charge in [-0.1, -0.05) is 43.0 Å². The van der Waals surface area contributed by atoms with Gasteiger partial charge in [-0.2, -0.15) is 0 Å². The molecule has 0 radical (unpaired) electrons. The lowest BCUT2D eigenvalue weighted by molar-refractivity contribution is 0.0941. The molecule has 22 heavy (non-hydrogen) atoms. The Kier molecular flexibility index (Phi) is 3.66.